The molecule has 224 valence electrons. The van der Waals surface area contributed by atoms with E-state index in [1.807, 2.05) is 0 Å². The van der Waals surface area contributed by atoms with Crippen molar-refractivity contribution in [3.63, 3.8) is 0 Å². The van der Waals surface area contributed by atoms with Crippen LogP contribution in [-0.4, -0.2) is 76.8 Å². The van der Waals surface area contributed by atoms with Crippen LogP contribution in [0.3, 0.4) is 0 Å². The van der Waals surface area contributed by atoms with E-state index in [0.717, 1.165) is 0 Å². The van der Waals surface area contributed by atoms with E-state index in [1.165, 1.54) is 0 Å². The Morgan fingerprint density at radius 2 is 1.11 bits per heavy atom. The van der Waals surface area contributed by atoms with Crippen LogP contribution < -0.4 is 0 Å². The summed E-state index contributed by atoms with van der Waals surface area (Å²) < 4.78 is 271. The van der Waals surface area contributed by atoms with Gasteiger partial charge in [-0.15, -0.1) is 0 Å². The van der Waals surface area contributed by atoms with Crippen LogP contribution in [-0.2, 0) is 29.9 Å². The van der Waals surface area contributed by atoms with E-state index in [4.69, 9.17) is 2.80 Å². The molecule has 0 aromatic carbocycles. The minimum atomic E-state index is -7.87. The van der Waals surface area contributed by atoms with Gasteiger partial charge in [-0.3, -0.25) is 0 Å². The first-order valence-electron chi connectivity index (χ1n) is 9.23. The molecule has 0 bridgehead atoms. The lowest BCUT2D eigenvalue weighted by Crippen LogP contribution is -2.55. The molecule has 0 rings (SSSR count). The highest BCUT2D eigenvalue weighted by Gasteiger charge is 2.72. The predicted molar refractivity (Wildman–Crippen MR) is 81.5 cm³/mol. The smallest absolute Gasteiger partial charge is 0.383 e. The number of alkyl halides is 14. The lowest BCUT2D eigenvalue weighted by molar-refractivity contribution is -0.379. The summed E-state index contributed by atoms with van der Waals surface area (Å²) in [5.41, 5.74) is 0. The van der Waals surface area contributed by atoms with Crippen molar-refractivity contribution in [2.75, 3.05) is 0 Å². The van der Waals surface area contributed by atoms with E-state index in [1.54, 1.807) is 0 Å². The Labute approximate surface area is 197 Å². The highest BCUT2D eigenvalue weighted by atomic mass is 32.3. The SMILES string of the molecule is [3H]CC(OC(F)(F)C(F)(F)S(=O)(=O)F)C(CC(C(O[3H])C(F)(F)F)C(F)(F)F)OC(F)(F)C(F)(F)S(=O)(=O)F. The Morgan fingerprint density at radius 3 is 1.38 bits per heavy atom. The molecule has 1 N–H and O–H groups in total. The predicted octanol–water partition coefficient (Wildman–Crippen LogP) is 4.24. The van der Waals surface area contributed by atoms with Gasteiger partial charge in [0.25, 0.3) is 0 Å². The molecule has 25 heteroatoms. The topological polar surface area (TPSA) is 107 Å². The van der Waals surface area contributed by atoms with Crippen molar-refractivity contribution in [1.29, 1.82) is 1.43 Å². The molecular weight excluding hydrogens is 624 g/mol. The molecule has 0 amide bonds. The highest BCUT2D eigenvalue weighted by molar-refractivity contribution is 7.87. The van der Waals surface area contributed by atoms with E-state index in [0.29, 0.717) is 0 Å². The van der Waals surface area contributed by atoms with Crippen molar-refractivity contribution in [2.24, 2.45) is 5.92 Å². The summed E-state index contributed by atoms with van der Waals surface area (Å²) in [6.45, 7) is -2.50. The lowest BCUT2D eigenvalue weighted by atomic mass is 9.92. The first kappa shape index (κ1) is 31.9. The summed E-state index contributed by atoms with van der Waals surface area (Å²) in [6.07, 6.45) is -43.0. The van der Waals surface area contributed by atoms with Gasteiger partial charge in [-0.25, -0.2) is 0 Å². The minimum absolute atomic E-state index is 2.50. The molecule has 0 aromatic heterocycles. The maximum atomic E-state index is 13.8. The Morgan fingerprint density at radius 1 is 0.730 bits per heavy atom. The van der Waals surface area contributed by atoms with Crippen LogP contribution in [0.5, 0.6) is 0 Å². The number of aliphatic hydroxyl groups excluding tert-OH is 1. The molecule has 0 saturated carbocycles. The molecule has 0 heterocycles. The number of rotatable bonds is 13. The molecule has 0 saturated heterocycles. The van der Waals surface area contributed by atoms with Gasteiger partial charge in [-0.2, -0.15) is 78.3 Å². The first-order valence-corrected chi connectivity index (χ1v) is 10.9. The molecule has 7 nitrogen and oxygen atoms in total. The van der Waals surface area contributed by atoms with Gasteiger partial charge < -0.3 is 14.6 Å². The Kier molecular flexibility index (Phi) is 8.90. The molecule has 0 aromatic rings. The van der Waals surface area contributed by atoms with Gasteiger partial charge in [-0.1, -0.05) is 7.77 Å². The maximum absolute atomic E-state index is 13.8. The molecule has 0 spiro atoms. The standard InChI is InChI=1S/C12H10F16O7S2/c1-3(34-9(19,20)11(23,24)36(27,30)31)5(35-10(21,22)12(25,26)37(28,32)33)2-4(7(13,14)15)6(29)8(16,17)18/h3-6,29H,2H2,1H3/i1T,29T. The maximum Gasteiger partial charge on any atom is 0.464 e. The van der Waals surface area contributed by atoms with Gasteiger partial charge in [-0.05, 0) is 13.3 Å². The average molecular weight is 638 g/mol. The van der Waals surface area contributed by atoms with E-state index in [-0.39, 0.29) is 0 Å². The third kappa shape index (κ3) is 7.84. The van der Waals surface area contributed by atoms with E-state index < -0.39 is 93.1 Å². The molecule has 4 atom stereocenters. The van der Waals surface area contributed by atoms with E-state index in [2.05, 4.69) is 14.6 Å². The van der Waals surface area contributed by atoms with Crippen molar-refractivity contribution in [3.05, 3.63) is 0 Å². The summed E-state index contributed by atoms with van der Waals surface area (Å²) in [6, 6.07) is 0. The van der Waals surface area contributed by atoms with E-state index in [9.17, 15) is 86.1 Å². The van der Waals surface area contributed by atoms with Crippen LogP contribution in [0.25, 0.3) is 0 Å². The molecule has 4 unspecified atom stereocenters. The van der Waals surface area contributed by atoms with Crippen molar-refractivity contribution >= 4 is 20.4 Å². The summed E-state index contributed by atoms with van der Waals surface area (Å²) in [4.78, 5) is 0. The lowest BCUT2D eigenvalue weighted by Gasteiger charge is -2.36. The number of hydrogen-bond acceptors (Lipinski definition) is 7. The zero-order chi connectivity index (χ0) is 31.8. The Balaban J connectivity index is 7.07. The first-order chi connectivity index (χ1) is 16.8. The van der Waals surface area contributed by atoms with Crippen molar-refractivity contribution in [3.8, 4) is 0 Å². The number of hydrogen-bond donors (Lipinski definition) is 1. The van der Waals surface area contributed by atoms with Gasteiger partial charge in [0.2, 0.25) is 1.43 Å². The molecule has 0 fully saturated rings. The third-order valence-corrected chi connectivity index (χ3v) is 5.60. The van der Waals surface area contributed by atoms with E-state index >= 15 is 0 Å². The molecule has 0 aliphatic rings. The number of ether oxygens (including phenoxy) is 2. The van der Waals surface area contributed by atoms with Gasteiger partial charge >= 0.3 is 55.5 Å². The summed E-state index contributed by atoms with van der Waals surface area (Å²) in [7, 11) is -15.6. The second-order valence-electron chi connectivity index (χ2n) is 6.60. The second kappa shape index (κ2) is 10.3. The van der Waals surface area contributed by atoms with Crippen LogP contribution in [0.2, 0.25) is 0 Å². The zero-order valence-corrected chi connectivity index (χ0v) is 18.1. The van der Waals surface area contributed by atoms with Crippen molar-refractivity contribution < 1.29 is 102 Å². The highest BCUT2D eigenvalue weighted by Crippen LogP contribution is 2.47. The molecular formula is C12H10F16O7S2. The number of aliphatic hydroxyl groups is 1. The van der Waals surface area contributed by atoms with Crippen molar-refractivity contribution in [2.45, 2.75) is 66.7 Å². The summed E-state index contributed by atoms with van der Waals surface area (Å²) >= 11 is 0. The zero-order valence-electron chi connectivity index (χ0n) is 18.4. The van der Waals surface area contributed by atoms with Gasteiger partial charge in [0.15, 0.2) is 6.10 Å². The summed E-state index contributed by atoms with van der Waals surface area (Å²) in [5.74, 6) is -4.55. The summed E-state index contributed by atoms with van der Waals surface area (Å²) in [5, 5.41) is -11.5. The van der Waals surface area contributed by atoms with Crippen LogP contribution in [0, 0.1) is 5.92 Å². The fourth-order valence-electron chi connectivity index (χ4n) is 2.06. The Bertz CT molecular complexity index is 1050. The number of halogens is 16. The van der Waals surface area contributed by atoms with Crippen LogP contribution >= 0.6 is 0 Å². The monoisotopic (exact) mass is 638 g/mol. The minimum Gasteiger partial charge on any atom is -0.383 e. The average Bonchev–Trinajstić information content (AvgIpc) is 2.67. The van der Waals surface area contributed by atoms with Crippen LogP contribution in [0.15, 0.2) is 0 Å². The largest absolute Gasteiger partial charge is 0.464 e. The Hall–Kier alpha value is -1.34. The molecule has 0 aliphatic carbocycles. The fourth-order valence-corrected chi connectivity index (χ4v) is 2.72. The third-order valence-electron chi connectivity index (χ3n) is 3.90. The van der Waals surface area contributed by atoms with Gasteiger partial charge in [0.05, 0.1) is 18.1 Å². The molecule has 0 aliphatic heterocycles. The molecule has 0 radical (unpaired) electrons. The second-order valence-corrected chi connectivity index (χ2v) is 9.38. The van der Waals surface area contributed by atoms with Crippen molar-refractivity contribution in [1.82, 2.24) is 0 Å². The normalized spacial score (nSPS) is 19.6. The fraction of sp³-hybridized carbons (Fsp3) is 1.00. The molecule has 37 heavy (non-hydrogen) atoms. The van der Waals surface area contributed by atoms with Gasteiger partial charge in [0, 0.05) is 1.37 Å². The van der Waals surface area contributed by atoms with Crippen LogP contribution in [0.1, 0.15) is 14.7 Å². The van der Waals surface area contributed by atoms with Gasteiger partial charge in [0.1, 0.15) is 0 Å². The quantitative estimate of drug-likeness (QED) is 0.238. The van der Waals surface area contributed by atoms with Crippen LogP contribution in [0.4, 0.5) is 69.2 Å².